The maximum atomic E-state index is 13.4. The Morgan fingerprint density at radius 2 is 1.07 bits per heavy atom. The molecule has 6 rings (SSSR count). The van der Waals surface area contributed by atoms with Crippen molar-refractivity contribution in [2.45, 2.75) is 38.9 Å². The molecule has 5 nitrogen and oxygen atoms in total. The smallest absolute Gasteiger partial charge is 0.399 e. The Kier molecular flexibility index (Phi) is 6.74. The number of benzene rings is 4. The van der Waals surface area contributed by atoms with Gasteiger partial charge in [0.2, 0.25) is 0 Å². The van der Waals surface area contributed by atoms with Crippen molar-refractivity contribution in [3.8, 4) is 11.1 Å². The highest BCUT2D eigenvalue weighted by Crippen LogP contribution is 2.62. The van der Waals surface area contributed by atoms with Crippen molar-refractivity contribution in [2.24, 2.45) is 0 Å². The van der Waals surface area contributed by atoms with Crippen LogP contribution in [0, 0.1) is 0 Å². The first kappa shape index (κ1) is 29.4. The zero-order chi connectivity index (χ0) is 30.3. The Hall–Kier alpha value is -2.72. The minimum Gasteiger partial charge on any atom is -0.399 e. The highest BCUT2D eigenvalue weighted by atomic mass is 31.2. The molecule has 0 spiro atoms. The molecule has 2 heterocycles. The number of hydrogen-bond acceptors (Lipinski definition) is 4. The van der Waals surface area contributed by atoms with Crippen molar-refractivity contribution in [1.29, 1.82) is 0 Å². The fraction of sp³-hybridized carbons (Fsp3) is 0.294. The van der Waals surface area contributed by atoms with Gasteiger partial charge in [0.05, 0.1) is 22.3 Å². The van der Waals surface area contributed by atoms with Crippen LogP contribution >= 0.6 is 14.3 Å². The van der Waals surface area contributed by atoms with Gasteiger partial charge in [-0.05, 0) is 71.9 Å². The third kappa shape index (κ3) is 4.51. The van der Waals surface area contributed by atoms with Gasteiger partial charge >= 0.3 is 7.12 Å². The summed E-state index contributed by atoms with van der Waals surface area (Å²) in [5.74, 6) is 0. The predicted octanol–water partition coefficient (Wildman–Crippen LogP) is 7.76. The van der Waals surface area contributed by atoms with Crippen LogP contribution in [0.5, 0.6) is 0 Å². The number of fused-ring (bicyclic) bond motifs is 3. The number of quaternary nitrogens is 1. The van der Waals surface area contributed by atoms with Crippen LogP contribution in [-0.2, 0) is 18.4 Å². The van der Waals surface area contributed by atoms with Gasteiger partial charge in [-0.2, -0.15) is 4.48 Å². The second-order valence-corrected chi connectivity index (χ2v) is 19.7. The molecule has 4 aromatic carbocycles. The highest BCUT2D eigenvalue weighted by Gasteiger charge is 2.53. The SMILES string of the molecule is CC1(C)OB(c2cccc([N+]3(c4ccccc4)c4cc(P(C)(C)=O)ccc4-c4ccc(P(C)(C)=O)cc43)c2)OC1(C)C. The Bertz CT molecular complexity index is 1720. The molecule has 0 saturated carbocycles. The topological polar surface area (TPSA) is 52.6 Å². The molecule has 2 aliphatic rings. The van der Waals surface area contributed by atoms with Gasteiger partial charge in [0.25, 0.3) is 0 Å². The van der Waals surface area contributed by atoms with E-state index in [1.165, 1.54) is 0 Å². The third-order valence-corrected chi connectivity index (χ3v) is 12.2. The van der Waals surface area contributed by atoms with Crippen molar-refractivity contribution >= 4 is 60.2 Å². The summed E-state index contributed by atoms with van der Waals surface area (Å²) in [6.07, 6.45) is 0. The maximum Gasteiger partial charge on any atom is 0.495 e. The average molecular weight is 598 g/mol. The van der Waals surface area contributed by atoms with E-state index in [0.717, 1.165) is 49.9 Å². The molecule has 1 saturated heterocycles. The molecule has 2 aliphatic heterocycles. The third-order valence-electron chi connectivity index (χ3n) is 9.15. The van der Waals surface area contributed by atoms with Gasteiger partial charge in [-0.1, -0.05) is 42.5 Å². The first-order valence-electron chi connectivity index (χ1n) is 14.4. The molecule has 4 aromatic rings. The van der Waals surface area contributed by atoms with Crippen molar-refractivity contribution in [3.63, 3.8) is 0 Å². The fourth-order valence-corrected chi connectivity index (χ4v) is 7.80. The zero-order valence-electron chi connectivity index (χ0n) is 25.7. The van der Waals surface area contributed by atoms with Gasteiger partial charge in [-0.25, -0.2) is 0 Å². The van der Waals surface area contributed by atoms with Crippen LogP contribution in [0.1, 0.15) is 27.7 Å². The lowest BCUT2D eigenvalue weighted by Gasteiger charge is -2.35. The van der Waals surface area contributed by atoms with E-state index in [4.69, 9.17) is 9.31 Å². The fourth-order valence-electron chi connectivity index (χ4n) is 6.07. The van der Waals surface area contributed by atoms with E-state index in [-0.39, 0.29) is 4.48 Å². The Balaban J connectivity index is 1.70. The summed E-state index contributed by atoms with van der Waals surface area (Å²) in [6.45, 7) is 15.5. The van der Waals surface area contributed by atoms with E-state index in [9.17, 15) is 9.13 Å². The second kappa shape index (κ2) is 9.64. The number of para-hydroxylation sites is 1. The molecule has 0 unspecified atom stereocenters. The molecule has 0 bridgehead atoms. The van der Waals surface area contributed by atoms with Crippen LogP contribution in [0.15, 0.2) is 91.0 Å². The van der Waals surface area contributed by atoms with Gasteiger partial charge in [0, 0.05) is 47.0 Å². The van der Waals surface area contributed by atoms with Gasteiger partial charge in [0.1, 0.15) is 25.7 Å². The van der Waals surface area contributed by atoms with E-state index in [2.05, 4.69) is 88.4 Å². The van der Waals surface area contributed by atoms with Gasteiger partial charge in [0.15, 0.2) is 11.4 Å². The number of nitrogens with zero attached hydrogens (tertiary/aromatic N) is 1. The highest BCUT2D eigenvalue weighted by molar-refractivity contribution is 7.70. The Morgan fingerprint density at radius 3 is 1.55 bits per heavy atom. The lowest BCUT2D eigenvalue weighted by atomic mass is 9.78. The summed E-state index contributed by atoms with van der Waals surface area (Å²) in [5.41, 5.74) is 6.18. The predicted molar refractivity (Wildman–Crippen MR) is 179 cm³/mol. The molecule has 0 N–H and O–H groups in total. The molecule has 0 aromatic heterocycles. The minimum absolute atomic E-state index is 0.264. The molecule has 216 valence electrons. The summed E-state index contributed by atoms with van der Waals surface area (Å²) < 4.78 is 40.1. The second-order valence-electron chi connectivity index (χ2n) is 13.3. The maximum absolute atomic E-state index is 13.4. The van der Waals surface area contributed by atoms with Crippen molar-refractivity contribution in [1.82, 2.24) is 4.48 Å². The molecular formula is C34H39BNO4P2+. The summed E-state index contributed by atoms with van der Waals surface area (Å²) in [6, 6.07) is 31.2. The summed E-state index contributed by atoms with van der Waals surface area (Å²) in [4.78, 5) is 0. The minimum atomic E-state index is -2.57. The van der Waals surface area contributed by atoms with Crippen molar-refractivity contribution < 1.29 is 18.4 Å². The van der Waals surface area contributed by atoms with Crippen molar-refractivity contribution in [2.75, 3.05) is 26.7 Å². The van der Waals surface area contributed by atoms with Crippen LogP contribution in [0.3, 0.4) is 0 Å². The number of hydrogen-bond donors (Lipinski definition) is 0. The summed E-state index contributed by atoms with van der Waals surface area (Å²) >= 11 is 0. The standard InChI is InChI=1S/C34H39BNO4P2/c1-33(2)34(3,4)40-35(39-33)24-13-12-16-26(21-24)36(25-14-10-9-11-15-25)31-22-27(41(5,6)37)17-19-29(31)30-20-18-28(23-32(30)36)42(7,8)38/h9-23H,1-8H3/q+1. The molecule has 8 heteroatoms. The molecule has 0 radical (unpaired) electrons. The van der Waals surface area contributed by atoms with E-state index in [0.29, 0.717) is 0 Å². The summed E-state index contributed by atoms with van der Waals surface area (Å²) in [5, 5.41) is 1.65. The Morgan fingerprint density at radius 1 is 0.595 bits per heavy atom. The normalized spacial score (nSPS) is 18.5. The van der Waals surface area contributed by atoms with Crippen molar-refractivity contribution in [3.05, 3.63) is 91.0 Å². The van der Waals surface area contributed by atoms with E-state index < -0.39 is 32.6 Å². The molecule has 0 atom stereocenters. The van der Waals surface area contributed by atoms with Crippen LogP contribution in [0.25, 0.3) is 11.1 Å². The largest absolute Gasteiger partial charge is 0.495 e. The lowest BCUT2D eigenvalue weighted by Crippen LogP contribution is -2.41. The summed E-state index contributed by atoms with van der Waals surface area (Å²) in [7, 11) is -5.67. The molecule has 0 amide bonds. The van der Waals surface area contributed by atoms with E-state index >= 15 is 0 Å². The number of rotatable bonds is 5. The zero-order valence-corrected chi connectivity index (χ0v) is 27.5. The van der Waals surface area contributed by atoms with Crippen LogP contribution in [0.4, 0.5) is 22.7 Å². The van der Waals surface area contributed by atoms with Gasteiger partial charge in [-0.15, -0.1) is 0 Å². The van der Waals surface area contributed by atoms with E-state index in [1.807, 2.05) is 57.0 Å². The van der Waals surface area contributed by atoms with Crippen LogP contribution in [0.2, 0.25) is 0 Å². The van der Waals surface area contributed by atoms with E-state index in [1.54, 1.807) is 0 Å². The monoisotopic (exact) mass is 598 g/mol. The Labute approximate surface area is 250 Å². The molecule has 0 aliphatic carbocycles. The first-order valence-corrected chi connectivity index (χ1v) is 19.6. The molecular weight excluding hydrogens is 559 g/mol. The van der Waals surface area contributed by atoms with Crippen LogP contribution < -0.4 is 20.6 Å². The van der Waals surface area contributed by atoms with Crippen LogP contribution in [-0.4, -0.2) is 45.0 Å². The van der Waals surface area contributed by atoms with Gasteiger partial charge < -0.3 is 18.4 Å². The molecule has 42 heavy (non-hydrogen) atoms. The first-order chi connectivity index (χ1) is 19.6. The average Bonchev–Trinajstić information content (AvgIpc) is 3.34. The van der Waals surface area contributed by atoms with Gasteiger partial charge in [-0.3, -0.25) is 0 Å². The lowest BCUT2D eigenvalue weighted by molar-refractivity contribution is 0.00578. The quantitative estimate of drug-likeness (QED) is 0.118. The molecule has 1 fully saturated rings.